The van der Waals surface area contributed by atoms with Crippen molar-refractivity contribution in [3.63, 3.8) is 0 Å². The van der Waals surface area contributed by atoms with Gasteiger partial charge in [-0.25, -0.2) is 9.97 Å². The van der Waals surface area contributed by atoms with E-state index in [0.717, 1.165) is 28.9 Å². The number of aromatic nitrogens is 2. The average Bonchev–Trinajstić information content (AvgIpc) is 2.62. The molecule has 0 unspecified atom stereocenters. The maximum absolute atomic E-state index is 12.9. The summed E-state index contributed by atoms with van der Waals surface area (Å²) in [7, 11) is 0. The highest BCUT2D eigenvalue weighted by Crippen LogP contribution is 2.33. The van der Waals surface area contributed by atoms with Crippen LogP contribution in [0.5, 0.6) is 0 Å². The molecule has 0 saturated carbocycles. The first-order chi connectivity index (χ1) is 12.8. The van der Waals surface area contributed by atoms with Gasteiger partial charge in [-0.05, 0) is 49.2 Å². The average molecular weight is 373 g/mol. The van der Waals surface area contributed by atoms with Crippen LogP contribution in [0.3, 0.4) is 0 Å². The lowest BCUT2D eigenvalue weighted by Crippen LogP contribution is -2.07. The highest BCUT2D eigenvalue weighted by Gasteiger charge is 2.30. The number of hydrogen-bond acceptors (Lipinski definition) is 5. The second-order valence-corrected chi connectivity index (χ2v) is 6.06. The Morgan fingerprint density at radius 1 is 0.926 bits per heavy atom. The fourth-order valence-corrected chi connectivity index (χ4v) is 2.52. The Balaban J connectivity index is 1.88. The fourth-order valence-electron chi connectivity index (χ4n) is 2.52. The van der Waals surface area contributed by atoms with E-state index in [1.165, 1.54) is 18.5 Å². The molecule has 2 aromatic carbocycles. The molecule has 1 aromatic heterocycles. The predicted molar refractivity (Wildman–Crippen MR) is 100 cm³/mol. The summed E-state index contributed by atoms with van der Waals surface area (Å²) in [6.45, 7) is 3.96. The smallest absolute Gasteiger partial charge is 0.393 e. The lowest BCUT2D eigenvalue weighted by molar-refractivity contribution is -0.137. The van der Waals surface area contributed by atoms with E-state index in [4.69, 9.17) is 5.73 Å². The number of aryl methyl sites for hydroxylation is 1. The van der Waals surface area contributed by atoms with E-state index in [9.17, 15) is 13.2 Å². The van der Waals surface area contributed by atoms with Crippen LogP contribution in [0.25, 0.3) is 0 Å². The molecular weight excluding hydrogens is 355 g/mol. The molecule has 4 N–H and O–H groups in total. The molecule has 0 bridgehead atoms. The third kappa shape index (κ3) is 4.11. The number of nitrogens with two attached hydrogens (primary N) is 1. The number of nitrogens with zero attached hydrogens (tertiary/aromatic N) is 2. The first-order valence-corrected chi connectivity index (χ1v) is 8.13. The van der Waals surface area contributed by atoms with Crippen molar-refractivity contribution in [2.45, 2.75) is 20.0 Å². The van der Waals surface area contributed by atoms with Crippen LogP contribution in [-0.4, -0.2) is 9.97 Å². The molecule has 140 valence electrons. The Morgan fingerprint density at radius 3 is 2.30 bits per heavy atom. The van der Waals surface area contributed by atoms with Crippen LogP contribution in [-0.2, 0) is 6.18 Å². The summed E-state index contributed by atoms with van der Waals surface area (Å²) in [5.41, 5.74) is 8.79. The zero-order chi connectivity index (χ0) is 19.6. The number of anilines is 5. The maximum atomic E-state index is 12.9. The molecule has 1 heterocycles. The fraction of sp³-hybridized carbons (Fsp3) is 0.158. The molecule has 3 aromatic rings. The molecular formula is C19H18F3N5. The van der Waals surface area contributed by atoms with Crippen LogP contribution in [0, 0.1) is 13.8 Å². The van der Waals surface area contributed by atoms with Gasteiger partial charge in [-0.1, -0.05) is 18.2 Å². The van der Waals surface area contributed by atoms with Gasteiger partial charge in [-0.3, -0.25) is 0 Å². The maximum Gasteiger partial charge on any atom is 0.416 e. The topological polar surface area (TPSA) is 75.9 Å². The Morgan fingerprint density at radius 2 is 1.59 bits per heavy atom. The van der Waals surface area contributed by atoms with E-state index in [1.54, 1.807) is 0 Å². The molecule has 0 fully saturated rings. The van der Waals surface area contributed by atoms with E-state index in [2.05, 4.69) is 20.6 Å². The number of nitrogen functional groups attached to an aromatic ring is 1. The minimum atomic E-state index is -4.43. The van der Waals surface area contributed by atoms with Gasteiger partial charge in [-0.2, -0.15) is 13.2 Å². The third-order valence-electron chi connectivity index (χ3n) is 4.19. The number of rotatable bonds is 4. The number of hydrogen-bond donors (Lipinski definition) is 3. The number of halogens is 3. The van der Waals surface area contributed by atoms with Crippen molar-refractivity contribution < 1.29 is 13.2 Å². The Hall–Kier alpha value is -3.29. The van der Waals surface area contributed by atoms with Crippen molar-refractivity contribution >= 4 is 28.7 Å². The number of alkyl halides is 3. The molecule has 5 nitrogen and oxygen atoms in total. The molecule has 0 aliphatic heterocycles. The van der Waals surface area contributed by atoms with E-state index >= 15 is 0 Å². The minimum absolute atomic E-state index is 0.204. The Labute approximate surface area is 154 Å². The van der Waals surface area contributed by atoms with Gasteiger partial charge < -0.3 is 16.4 Å². The van der Waals surface area contributed by atoms with Crippen molar-refractivity contribution in [1.82, 2.24) is 9.97 Å². The first kappa shape index (κ1) is 18.5. The first-order valence-electron chi connectivity index (χ1n) is 8.13. The summed E-state index contributed by atoms with van der Waals surface area (Å²) in [5.74, 6) is 0.588. The van der Waals surface area contributed by atoms with Crippen molar-refractivity contribution in [3.8, 4) is 0 Å². The SMILES string of the molecule is Cc1cccc(Nc2ncnc(Nc3cccc(C(F)(F)F)c3)c2N)c1C. The van der Waals surface area contributed by atoms with Gasteiger partial charge in [-0.15, -0.1) is 0 Å². The normalized spacial score (nSPS) is 11.3. The lowest BCUT2D eigenvalue weighted by Gasteiger charge is -2.15. The zero-order valence-corrected chi connectivity index (χ0v) is 14.7. The van der Waals surface area contributed by atoms with Gasteiger partial charge in [0.1, 0.15) is 12.0 Å². The molecule has 3 rings (SSSR count). The summed E-state index contributed by atoms with van der Waals surface area (Å²) in [4.78, 5) is 8.18. The second kappa shape index (κ2) is 7.14. The van der Waals surface area contributed by atoms with Gasteiger partial charge in [0, 0.05) is 11.4 Å². The Kier molecular flexibility index (Phi) is 4.89. The van der Waals surface area contributed by atoms with Crippen LogP contribution in [0.15, 0.2) is 48.8 Å². The van der Waals surface area contributed by atoms with Crippen LogP contribution in [0.1, 0.15) is 16.7 Å². The van der Waals surface area contributed by atoms with Gasteiger partial charge in [0.15, 0.2) is 11.6 Å². The predicted octanol–water partition coefficient (Wildman–Crippen LogP) is 5.18. The van der Waals surface area contributed by atoms with Crippen molar-refractivity contribution in [2.24, 2.45) is 0 Å². The van der Waals surface area contributed by atoms with E-state index < -0.39 is 11.7 Å². The molecule has 8 heteroatoms. The molecule has 0 atom stereocenters. The third-order valence-corrected chi connectivity index (χ3v) is 4.19. The summed E-state index contributed by atoms with van der Waals surface area (Å²) < 4.78 is 38.6. The quantitative estimate of drug-likeness (QED) is 0.587. The molecule has 0 aliphatic rings. The summed E-state index contributed by atoms with van der Waals surface area (Å²) >= 11 is 0. The van der Waals surface area contributed by atoms with Crippen molar-refractivity contribution in [2.75, 3.05) is 16.4 Å². The minimum Gasteiger partial charge on any atom is -0.393 e. The highest BCUT2D eigenvalue weighted by atomic mass is 19.4. The van der Waals surface area contributed by atoms with Gasteiger partial charge >= 0.3 is 6.18 Å². The largest absolute Gasteiger partial charge is 0.416 e. The van der Waals surface area contributed by atoms with Crippen molar-refractivity contribution in [1.29, 1.82) is 0 Å². The van der Waals surface area contributed by atoms with E-state index in [0.29, 0.717) is 5.82 Å². The molecule has 0 radical (unpaired) electrons. The molecule has 0 saturated heterocycles. The van der Waals surface area contributed by atoms with Crippen LogP contribution in [0.2, 0.25) is 0 Å². The summed E-state index contributed by atoms with van der Waals surface area (Å²) in [5, 5.41) is 5.97. The van der Waals surface area contributed by atoms with Crippen molar-refractivity contribution in [3.05, 3.63) is 65.5 Å². The van der Waals surface area contributed by atoms with Gasteiger partial charge in [0.25, 0.3) is 0 Å². The number of nitrogens with one attached hydrogen (secondary N) is 2. The lowest BCUT2D eigenvalue weighted by atomic mass is 10.1. The van der Waals surface area contributed by atoms with Gasteiger partial charge in [0.2, 0.25) is 0 Å². The molecule has 0 spiro atoms. The second-order valence-electron chi connectivity index (χ2n) is 6.06. The standard InChI is InChI=1S/C19H18F3N5/c1-11-5-3-8-15(12(11)2)27-18-16(23)17(24-10-25-18)26-14-7-4-6-13(9-14)19(20,21)22/h3-10H,23H2,1-2H3,(H2,24,25,26,27). The van der Waals surface area contributed by atoms with Gasteiger partial charge in [0.05, 0.1) is 5.56 Å². The van der Waals surface area contributed by atoms with Crippen LogP contribution < -0.4 is 16.4 Å². The Bertz CT molecular complexity index is 970. The van der Waals surface area contributed by atoms with E-state index in [-0.39, 0.29) is 17.2 Å². The highest BCUT2D eigenvalue weighted by molar-refractivity contribution is 5.81. The summed E-state index contributed by atoms with van der Waals surface area (Å²) in [6, 6.07) is 10.6. The summed E-state index contributed by atoms with van der Waals surface area (Å²) in [6.07, 6.45) is -3.13. The van der Waals surface area contributed by atoms with Crippen LogP contribution in [0.4, 0.5) is 41.9 Å². The zero-order valence-electron chi connectivity index (χ0n) is 14.7. The van der Waals surface area contributed by atoms with E-state index in [1.807, 2.05) is 32.0 Å². The monoisotopic (exact) mass is 373 g/mol. The molecule has 27 heavy (non-hydrogen) atoms. The molecule has 0 aliphatic carbocycles. The number of benzene rings is 2. The van der Waals surface area contributed by atoms with Crippen LogP contribution >= 0.6 is 0 Å². The molecule has 0 amide bonds.